The highest BCUT2D eigenvalue weighted by atomic mass is 32.2. The number of sulfonamides is 1. The van der Waals surface area contributed by atoms with Crippen molar-refractivity contribution in [2.75, 3.05) is 4.72 Å². The fourth-order valence-corrected chi connectivity index (χ4v) is 4.21. The molecule has 0 fully saturated rings. The highest BCUT2D eigenvalue weighted by molar-refractivity contribution is 7.92. The van der Waals surface area contributed by atoms with Gasteiger partial charge in [-0.3, -0.25) is 9.40 Å². The molecule has 7 heteroatoms. The molecule has 1 heterocycles. The van der Waals surface area contributed by atoms with E-state index in [0.717, 1.165) is 11.1 Å². The Morgan fingerprint density at radius 1 is 1.11 bits per heavy atom. The van der Waals surface area contributed by atoms with Crippen molar-refractivity contribution in [3.8, 4) is 0 Å². The number of nitrogens with zero attached hydrogens (tertiary/aromatic N) is 2. The van der Waals surface area contributed by atoms with E-state index in [4.69, 9.17) is 0 Å². The molecule has 0 unspecified atom stereocenters. The number of hydrogen-bond donors (Lipinski definition) is 1. The summed E-state index contributed by atoms with van der Waals surface area (Å²) in [6.07, 6.45) is 0. The van der Waals surface area contributed by atoms with Crippen LogP contribution in [0.15, 0.2) is 53.4 Å². The topological polar surface area (TPSA) is 64.0 Å². The van der Waals surface area contributed by atoms with Crippen LogP contribution in [0.25, 0.3) is 0 Å². The van der Waals surface area contributed by atoms with E-state index in [-0.39, 0.29) is 10.7 Å². The zero-order valence-corrected chi connectivity index (χ0v) is 17.2. The molecule has 28 heavy (non-hydrogen) atoms. The molecule has 0 aliphatic carbocycles. The zero-order chi connectivity index (χ0) is 20.5. The molecule has 3 rings (SSSR count). The van der Waals surface area contributed by atoms with Crippen LogP contribution in [0.4, 0.5) is 10.1 Å². The molecule has 0 spiro atoms. The summed E-state index contributed by atoms with van der Waals surface area (Å²) in [6, 6.07) is 13.1. The van der Waals surface area contributed by atoms with Crippen LogP contribution in [0.3, 0.4) is 0 Å². The number of benzene rings is 2. The molecule has 0 radical (unpaired) electrons. The average Bonchev–Trinajstić information content (AvgIpc) is 2.89. The number of halogens is 1. The Kier molecular flexibility index (Phi) is 5.56. The summed E-state index contributed by atoms with van der Waals surface area (Å²) in [6.45, 7) is 8.01. The first-order valence-corrected chi connectivity index (χ1v) is 10.6. The molecule has 2 aromatic carbocycles. The van der Waals surface area contributed by atoms with Gasteiger partial charge < -0.3 is 0 Å². The van der Waals surface area contributed by atoms with Crippen LogP contribution in [0, 0.1) is 19.7 Å². The second-order valence-electron chi connectivity index (χ2n) is 7.16. The third-order valence-electron chi connectivity index (χ3n) is 4.70. The molecule has 5 nitrogen and oxygen atoms in total. The van der Waals surface area contributed by atoms with Crippen LogP contribution >= 0.6 is 0 Å². The van der Waals surface area contributed by atoms with Gasteiger partial charge in [-0.05, 0) is 55.2 Å². The van der Waals surface area contributed by atoms with Crippen LogP contribution < -0.4 is 4.72 Å². The molecule has 0 bridgehead atoms. The first-order chi connectivity index (χ1) is 13.2. The summed E-state index contributed by atoms with van der Waals surface area (Å²) >= 11 is 0. The van der Waals surface area contributed by atoms with Gasteiger partial charge >= 0.3 is 0 Å². The largest absolute Gasteiger partial charge is 0.276 e. The van der Waals surface area contributed by atoms with Crippen LogP contribution in [0.2, 0.25) is 0 Å². The lowest BCUT2D eigenvalue weighted by Crippen LogP contribution is -2.14. The third kappa shape index (κ3) is 4.25. The van der Waals surface area contributed by atoms with E-state index in [1.807, 2.05) is 12.1 Å². The predicted molar refractivity (Wildman–Crippen MR) is 109 cm³/mol. The van der Waals surface area contributed by atoms with Crippen LogP contribution in [-0.4, -0.2) is 18.2 Å². The Morgan fingerprint density at radius 3 is 2.39 bits per heavy atom. The van der Waals surface area contributed by atoms with E-state index in [0.29, 0.717) is 29.5 Å². The minimum Gasteiger partial charge on any atom is -0.276 e. The smallest absolute Gasteiger partial charge is 0.262 e. The SMILES string of the molecule is Cc1nn(Cc2cccc(F)c2)c(C)c1NS(=O)(=O)c1ccc(C(C)C)cc1. The number of rotatable bonds is 6. The fourth-order valence-electron chi connectivity index (χ4n) is 3.03. The molecule has 0 aliphatic heterocycles. The maximum atomic E-state index is 13.4. The van der Waals surface area contributed by atoms with Crippen molar-refractivity contribution in [2.45, 2.75) is 45.1 Å². The van der Waals surface area contributed by atoms with Gasteiger partial charge in [0.1, 0.15) is 5.82 Å². The minimum atomic E-state index is -3.73. The van der Waals surface area contributed by atoms with Crippen molar-refractivity contribution in [3.05, 3.63) is 76.9 Å². The van der Waals surface area contributed by atoms with Gasteiger partial charge in [0, 0.05) is 0 Å². The van der Waals surface area contributed by atoms with Gasteiger partial charge in [0.15, 0.2) is 0 Å². The van der Waals surface area contributed by atoms with E-state index in [1.165, 1.54) is 12.1 Å². The van der Waals surface area contributed by atoms with Crippen LogP contribution in [0.1, 0.15) is 42.3 Å². The molecule has 0 aliphatic rings. The lowest BCUT2D eigenvalue weighted by molar-refractivity contribution is 0.601. The molecule has 3 aromatic rings. The lowest BCUT2D eigenvalue weighted by Gasteiger charge is -2.11. The molecule has 1 aromatic heterocycles. The second kappa shape index (κ2) is 7.75. The summed E-state index contributed by atoms with van der Waals surface area (Å²) in [7, 11) is -3.73. The molecule has 0 amide bonds. The van der Waals surface area contributed by atoms with Crippen molar-refractivity contribution < 1.29 is 12.8 Å². The molecule has 0 saturated heterocycles. The number of anilines is 1. The standard InChI is InChI=1S/C21H24FN3O2S/c1-14(2)18-8-10-20(11-9-18)28(26,27)24-21-15(3)23-25(16(21)4)13-17-6-5-7-19(22)12-17/h5-12,14,24H,13H2,1-4H3. The first-order valence-electron chi connectivity index (χ1n) is 9.08. The van der Waals surface area contributed by atoms with Crippen molar-refractivity contribution in [3.63, 3.8) is 0 Å². The van der Waals surface area contributed by atoms with Gasteiger partial charge in [0.2, 0.25) is 0 Å². The Labute approximate surface area is 165 Å². The average molecular weight is 402 g/mol. The number of aryl methyl sites for hydroxylation is 1. The Hall–Kier alpha value is -2.67. The second-order valence-corrected chi connectivity index (χ2v) is 8.85. The van der Waals surface area contributed by atoms with Crippen LogP contribution in [0.5, 0.6) is 0 Å². The highest BCUT2D eigenvalue weighted by Crippen LogP contribution is 2.25. The van der Waals surface area contributed by atoms with E-state index in [9.17, 15) is 12.8 Å². The van der Waals surface area contributed by atoms with E-state index >= 15 is 0 Å². The Balaban J connectivity index is 1.86. The third-order valence-corrected chi connectivity index (χ3v) is 6.06. The van der Waals surface area contributed by atoms with Crippen molar-refractivity contribution >= 4 is 15.7 Å². The molecule has 1 N–H and O–H groups in total. The number of aromatic nitrogens is 2. The normalized spacial score (nSPS) is 11.8. The minimum absolute atomic E-state index is 0.202. The zero-order valence-electron chi connectivity index (χ0n) is 16.4. The molecule has 0 atom stereocenters. The monoisotopic (exact) mass is 401 g/mol. The number of hydrogen-bond acceptors (Lipinski definition) is 3. The lowest BCUT2D eigenvalue weighted by atomic mass is 10.0. The van der Waals surface area contributed by atoms with Crippen molar-refractivity contribution in [1.29, 1.82) is 0 Å². The summed E-state index contributed by atoms with van der Waals surface area (Å²) in [5.74, 6) is 0.0139. The van der Waals surface area contributed by atoms with E-state index in [2.05, 4.69) is 23.7 Å². The maximum Gasteiger partial charge on any atom is 0.262 e. The van der Waals surface area contributed by atoms with Gasteiger partial charge in [0.25, 0.3) is 10.0 Å². The summed E-state index contributed by atoms with van der Waals surface area (Å²) in [5.41, 5.74) is 3.52. The van der Waals surface area contributed by atoms with Gasteiger partial charge in [-0.15, -0.1) is 0 Å². The van der Waals surface area contributed by atoms with Gasteiger partial charge in [-0.2, -0.15) is 5.10 Å². The van der Waals surface area contributed by atoms with Gasteiger partial charge in [0.05, 0.1) is 28.5 Å². The molecular formula is C21H24FN3O2S. The predicted octanol–water partition coefficient (Wildman–Crippen LogP) is 4.61. The maximum absolute atomic E-state index is 13.4. The summed E-state index contributed by atoms with van der Waals surface area (Å²) in [5, 5.41) is 4.42. The van der Waals surface area contributed by atoms with Crippen LogP contribution in [-0.2, 0) is 16.6 Å². The van der Waals surface area contributed by atoms with E-state index < -0.39 is 10.0 Å². The number of nitrogens with one attached hydrogen (secondary N) is 1. The van der Waals surface area contributed by atoms with Gasteiger partial charge in [-0.25, -0.2) is 12.8 Å². The Bertz CT molecular complexity index is 1090. The highest BCUT2D eigenvalue weighted by Gasteiger charge is 2.20. The summed E-state index contributed by atoms with van der Waals surface area (Å²) < 4.78 is 43.3. The molecule has 0 saturated carbocycles. The Morgan fingerprint density at radius 2 is 1.79 bits per heavy atom. The van der Waals surface area contributed by atoms with Crippen molar-refractivity contribution in [2.24, 2.45) is 0 Å². The quantitative estimate of drug-likeness (QED) is 0.656. The summed E-state index contributed by atoms with van der Waals surface area (Å²) in [4.78, 5) is 0.202. The molecule has 148 valence electrons. The van der Waals surface area contributed by atoms with E-state index in [1.54, 1.807) is 42.8 Å². The first kappa shape index (κ1) is 20.1. The fraction of sp³-hybridized carbons (Fsp3) is 0.286. The van der Waals surface area contributed by atoms with Gasteiger partial charge in [-0.1, -0.05) is 38.1 Å². The van der Waals surface area contributed by atoms with Crippen molar-refractivity contribution in [1.82, 2.24) is 9.78 Å². The molecular weight excluding hydrogens is 377 g/mol.